The molecular formula is C14H37N2OPSi2. The van der Waals surface area contributed by atoms with Gasteiger partial charge in [0.15, 0.2) is 8.45 Å². The van der Waals surface area contributed by atoms with Gasteiger partial charge < -0.3 is 4.52 Å². The Morgan fingerprint density at radius 3 is 1.35 bits per heavy atom. The van der Waals surface area contributed by atoms with E-state index >= 15 is 0 Å². The Labute approximate surface area is 131 Å². The van der Waals surface area contributed by atoms with Crippen LogP contribution in [0.1, 0.15) is 41.5 Å². The zero-order chi connectivity index (χ0) is 16.6. The molecule has 0 radical (unpaired) electrons. The molecule has 0 heterocycles. The molecule has 0 amide bonds. The Kier molecular flexibility index (Phi) is 6.71. The lowest BCUT2D eigenvalue weighted by atomic mass is 10.1. The van der Waals surface area contributed by atoms with Crippen LogP contribution in [0.4, 0.5) is 0 Å². The highest BCUT2D eigenvalue weighted by Gasteiger charge is 2.43. The minimum absolute atomic E-state index is 0.0640. The summed E-state index contributed by atoms with van der Waals surface area (Å²) in [5.74, 6) is 0. The molecule has 0 aliphatic carbocycles. The van der Waals surface area contributed by atoms with Crippen LogP contribution >= 0.6 is 8.45 Å². The lowest BCUT2D eigenvalue weighted by molar-refractivity contribution is 0.140. The van der Waals surface area contributed by atoms with Crippen LogP contribution in [0.5, 0.6) is 0 Å². The second-order valence-electron chi connectivity index (χ2n) is 9.49. The molecule has 0 saturated carbocycles. The smallest absolute Gasteiger partial charge is 0.172 e. The highest BCUT2D eigenvalue weighted by atomic mass is 31.2. The van der Waals surface area contributed by atoms with Gasteiger partial charge in [0, 0.05) is 5.54 Å². The van der Waals surface area contributed by atoms with Crippen molar-refractivity contribution in [2.24, 2.45) is 0 Å². The Hall–Kier alpha value is 0.744. The molecule has 0 aromatic carbocycles. The van der Waals surface area contributed by atoms with E-state index in [1.165, 1.54) is 0 Å². The molecule has 0 spiro atoms. The molecule has 0 saturated heterocycles. The second-order valence-corrected chi connectivity index (χ2v) is 21.6. The molecule has 0 bridgehead atoms. The van der Waals surface area contributed by atoms with Gasteiger partial charge in [0.05, 0.1) is 5.60 Å². The average Bonchev–Trinajstić information content (AvgIpc) is 1.87. The third-order valence-electron chi connectivity index (χ3n) is 2.24. The van der Waals surface area contributed by atoms with Crippen molar-refractivity contribution in [1.29, 1.82) is 0 Å². The van der Waals surface area contributed by atoms with Crippen molar-refractivity contribution >= 4 is 24.9 Å². The SMILES string of the molecule is CC(C)(C)NP(OC(C)(C)C)N([Si](C)(C)C)[Si](C)(C)C. The first kappa shape index (κ1) is 20.7. The molecular weight excluding hydrogens is 299 g/mol. The average molecular weight is 337 g/mol. The van der Waals surface area contributed by atoms with Crippen molar-refractivity contribution in [2.75, 3.05) is 0 Å². The summed E-state index contributed by atoms with van der Waals surface area (Å²) in [6, 6.07) is 0. The van der Waals surface area contributed by atoms with Crippen LogP contribution in [-0.2, 0) is 4.52 Å². The van der Waals surface area contributed by atoms with Gasteiger partial charge in [-0.25, -0.2) is 0 Å². The van der Waals surface area contributed by atoms with Crippen LogP contribution in [0.3, 0.4) is 0 Å². The number of rotatable bonds is 5. The topological polar surface area (TPSA) is 24.5 Å². The van der Waals surface area contributed by atoms with Crippen LogP contribution in [-0.4, -0.2) is 31.6 Å². The Morgan fingerprint density at radius 2 is 1.15 bits per heavy atom. The van der Waals surface area contributed by atoms with E-state index in [-0.39, 0.29) is 11.1 Å². The number of nitrogens with one attached hydrogen (secondary N) is 1. The summed E-state index contributed by atoms with van der Waals surface area (Å²) in [6.07, 6.45) is 0. The minimum atomic E-state index is -1.45. The van der Waals surface area contributed by atoms with Crippen molar-refractivity contribution in [3.05, 3.63) is 0 Å². The molecule has 1 unspecified atom stereocenters. The largest absolute Gasteiger partial charge is 0.327 e. The Balaban J connectivity index is 5.54. The maximum atomic E-state index is 6.48. The normalized spacial score (nSPS) is 16.6. The predicted octanol–water partition coefficient (Wildman–Crippen LogP) is 5.39. The quantitative estimate of drug-likeness (QED) is 0.538. The van der Waals surface area contributed by atoms with Crippen LogP contribution in [0.25, 0.3) is 0 Å². The van der Waals surface area contributed by atoms with Gasteiger partial charge in [0.2, 0.25) is 0 Å². The third-order valence-corrected chi connectivity index (χ3v) is 15.4. The number of hydrogen-bond donors (Lipinski definition) is 1. The van der Waals surface area contributed by atoms with Gasteiger partial charge in [0.25, 0.3) is 0 Å². The molecule has 0 aromatic heterocycles. The van der Waals surface area contributed by atoms with E-state index in [0.29, 0.717) is 0 Å². The van der Waals surface area contributed by atoms with Crippen molar-refractivity contribution in [3.63, 3.8) is 0 Å². The standard InChI is InChI=1S/C14H37N2OPSi2/c1-13(2,3)15-18(17-14(4,5)6)16(19(7,8)9)20(10,11)12/h15H,1-12H3. The van der Waals surface area contributed by atoms with Crippen LogP contribution in [0, 0.1) is 0 Å². The van der Waals surface area contributed by atoms with Crippen LogP contribution in [0.2, 0.25) is 39.3 Å². The molecule has 0 fully saturated rings. The lowest BCUT2D eigenvalue weighted by Gasteiger charge is -2.50. The van der Waals surface area contributed by atoms with E-state index in [1.54, 1.807) is 0 Å². The maximum Gasteiger partial charge on any atom is 0.172 e. The van der Waals surface area contributed by atoms with Gasteiger partial charge in [-0.1, -0.05) is 39.3 Å². The van der Waals surface area contributed by atoms with E-state index in [9.17, 15) is 0 Å². The molecule has 0 aliphatic heterocycles. The van der Waals surface area contributed by atoms with Gasteiger partial charge in [-0.2, -0.15) is 0 Å². The summed E-state index contributed by atoms with van der Waals surface area (Å²) < 4.78 is 9.23. The van der Waals surface area contributed by atoms with Crippen molar-refractivity contribution < 1.29 is 4.52 Å². The van der Waals surface area contributed by atoms with E-state index < -0.39 is 24.9 Å². The fraction of sp³-hybridized carbons (Fsp3) is 1.00. The zero-order valence-electron chi connectivity index (χ0n) is 15.8. The summed E-state index contributed by atoms with van der Waals surface area (Å²) in [4.78, 5) is 0. The molecule has 3 nitrogen and oxygen atoms in total. The molecule has 1 atom stereocenters. The summed E-state index contributed by atoms with van der Waals surface area (Å²) in [7, 11) is -3.67. The van der Waals surface area contributed by atoms with Gasteiger partial charge in [0.1, 0.15) is 16.5 Å². The molecule has 6 heteroatoms. The first-order chi connectivity index (χ1) is 8.43. The van der Waals surface area contributed by atoms with E-state index in [0.717, 1.165) is 0 Å². The molecule has 1 N–H and O–H groups in total. The molecule has 20 heavy (non-hydrogen) atoms. The first-order valence-corrected chi connectivity index (χ1v) is 15.6. The molecule has 0 aliphatic rings. The maximum absolute atomic E-state index is 6.48. The van der Waals surface area contributed by atoms with Gasteiger partial charge in [-0.15, -0.1) is 0 Å². The summed E-state index contributed by atoms with van der Waals surface area (Å²) in [6.45, 7) is 27.7. The highest BCUT2D eigenvalue weighted by Crippen LogP contribution is 2.49. The predicted molar refractivity (Wildman–Crippen MR) is 99.2 cm³/mol. The zero-order valence-corrected chi connectivity index (χ0v) is 18.7. The van der Waals surface area contributed by atoms with E-state index in [2.05, 4.69) is 89.9 Å². The summed E-state index contributed by atoms with van der Waals surface area (Å²) in [5, 5.41) is 3.76. The van der Waals surface area contributed by atoms with Gasteiger partial charge >= 0.3 is 0 Å². The highest BCUT2D eigenvalue weighted by molar-refractivity contribution is 7.53. The number of hydrogen-bond acceptors (Lipinski definition) is 3. The van der Waals surface area contributed by atoms with Crippen molar-refractivity contribution in [3.8, 4) is 0 Å². The fourth-order valence-corrected chi connectivity index (χ4v) is 16.5. The lowest BCUT2D eigenvalue weighted by Crippen LogP contribution is -2.59. The fourth-order valence-electron chi connectivity index (χ4n) is 2.21. The Morgan fingerprint density at radius 1 is 0.800 bits per heavy atom. The van der Waals surface area contributed by atoms with E-state index in [1.807, 2.05) is 0 Å². The van der Waals surface area contributed by atoms with E-state index in [4.69, 9.17) is 4.52 Å². The monoisotopic (exact) mass is 336 g/mol. The molecule has 122 valence electrons. The number of nitrogens with zero attached hydrogens (tertiary/aromatic N) is 1. The van der Waals surface area contributed by atoms with Gasteiger partial charge in [-0.3, -0.25) is 9.09 Å². The van der Waals surface area contributed by atoms with Crippen LogP contribution < -0.4 is 5.09 Å². The molecule has 0 aromatic rings. The summed E-state index contributed by atoms with van der Waals surface area (Å²) in [5.41, 5.74) is -0.0595. The Bertz CT molecular complexity index is 281. The molecule has 0 rings (SSSR count). The first-order valence-electron chi connectivity index (χ1n) is 7.51. The third kappa shape index (κ3) is 8.25. The van der Waals surface area contributed by atoms with Crippen molar-refractivity contribution in [2.45, 2.75) is 92.0 Å². The second kappa shape index (κ2) is 6.47. The summed E-state index contributed by atoms with van der Waals surface area (Å²) >= 11 is 0. The van der Waals surface area contributed by atoms with Gasteiger partial charge in [-0.05, 0) is 41.5 Å². The van der Waals surface area contributed by atoms with Crippen molar-refractivity contribution in [1.82, 2.24) is 9.09 Å². The minimum Gasteiger partial charge on any atom is -0.327 e. The van der Waals surface area contributed by atoms with Crippen LogP contribution in [0.15, 0.2) is 0 Å².